The molecule has 0 aliphatic rings. The first-order valence-corrected chi connectivity index (χ1v) is 9.88. The zero-order valence-electron chi connectivity index (χ0n) is 15.6. The molecule has 0 aliphatic heterocycles. The van der Waals surface area contributed by atoms with Gasteiger partial charge in [0.2, 0.25) is 0 Å². The summed E-state index contributed by atoms with van der Waals surface area (Å²) >= 11 is 0.850. The fourth-order valence-corrected chi connectivity index (χ4v) is 4.11. The third-order valence-corrected chi connectivity index (χ3v) is 5.60. The minimum Gasteiger partial charge on any atom is -0.298 e. The van der Waals surface area contributed by atoms with Crippen LogP contribution in [0.5, 0.6) is 0 Å². The molecule has 5 nitrogen and oxygen atoms in total. The first kappa shape index (κ1) is 19.1. The van der Waals surface area contributed by atoms with Crippen molar-refractivity contribution in [3.05, 3.63) is 83.9 Å². The molecule has 0 saturated heterocycles. The first-order valence-electron chi connectivity index (χ1n) is 9.07. The van der Waals surface area contributed by atoms with Gasteiger partial charge < -0.3 is 0 Å². The van der Waals surface area contributed by atoms with Gasteiger partial charge in [0, 0.05) is 23.3 Å². The number of carbonyl (C=O) groups is 1. The summed E-state index contributed by atoms with van der Waals surface area (Å²) in [6.07, 6.45) is 3.25. The van der Waals surface area contributed by atoms with E-state index in [9.17, 15) is 18.0 Å². The molecule has 2 aromatic carbocycles. The van der Waals surface area contributed by atoms with E-state index in [1.165, 1.54) is 0 Å². The number of fused-ring (bicyclic) bond motifs is 2. The molecule has 5 rings (SSSR count). The van der Waals surface area contributed by atoms with Crippen LogP contribution < -0.4 is 5.32 Å². The smallest absolute Gasteiger partial charge is 0.258 e. The standard InChI is InChI=1S/C22H11F3N4OS/c23-14-10-17-20(19(25)18(14)24)28-22(31-17)29-21(30)13-9-16(11-5-7-26-8-6-11)27-15-4-2-1-3-12(13)15/h1-10H,(H,28,29,30). The van der Waals surface area contributed by atoms with Crippen LogP contribution in [0.4, 0.5) is 18.3 Å². The van der Waals surface area contributed by atoms with Crippen molar-refractivity contribution in [1.29, 1.82) is 0 Å². The number of thiazole rings is 1. The van der Waals surface area contributed by atoms with Crippen LogP contribution in [0.1, 0.15) is 10.4 Å². The lowest BCUT2D eigenvalue weighted by Gasteiger charge is -2.09. The van der Waals surface area contributed by atoms with E-state index in [1.807, 2.05) is 6.07 Å². The molecule has 1 N–H and O–H groups in total. The number of anilines is 1. The number of aromatic nitrogens is 3. The van der Waals surface area contributed by atoms with Crippen LogP contribution in [0.2, 0.25) is 0 Å². The lowest BCUT2D eigenvalue weighted by molar-refractivity contribution is 0.102. The molecule has 0 atom stereocenters. The minimum absolute atomic E-state index is 0.0234. The molecule has 0 aliphatic carbocycles. The molecule has 0 unspecified atom stereocenters. The average Bonchev–Trinajstić information content (AvgIpc) is 3.19. The van der Waals surface area contributed by atoms with E-state index in [4.69, 9.17) is 0 Å². The molecule has 0 saturated carbocycles. The summed E-state index contributed by atoms with van der Waals surface area (Å²) in [4.78, 5) is 25.6. The van der Waals surface area contributed by atoms with Crippen LogP contribution in [0, 0.1) is 17.5 Å². The van der Waals surface area contributed by atoms with E-state index in [0.717, 1.165) is 23.0 Å². The average molecular weight is 436 g/mol. The van der Waals surface area contributed by atoms with Crippen LogP contribution in [-0.2, 0) is 0 Å². The molecule has 9 heteroatoms. The number of carbonyl (C=O) groups excluding carboxylic acids is 1. The maximum Gasteiger partial charge on any atom is 0.258 e. The van der Waals surface area contributed by atoms with E-state index in [-0.39, 0.29) is 15.3 Å². The van der Waals surface area contributed by atoms with Gasteiger partial charge in [0.1, 0.15) is 5.52 Å². The first-order chi connectivity index (χ1) is 15.0. The monoisotopic (exact) mass is 436 g/mol. The summed E-state index contributed by atoms with van der Waals surface area (Å²) < 4.78 is 41.1. The second kappa shape index (κ2) is 7.44. The summed E-state index contributed by atoms with van der Waals surface area (Å²) in [7, 11) is 0. The second-order valence-corrected chi connectivity index (χ2v) is 7.64. The molecule has 0 radical (unpaired) electrons. The van der Waals surface area contributed by atoms with Gasteiger partial charge in [-0.15, -0.1) is 0 Å². The highest BCUT2D eigenvalue weighted by Crippen LogP contribution is 2.31. The van der Waals surface area contributed by atoms with Gasteiger partial charge in [0.05, 0.1) is 21.5 Å². The number of rotatable bonds is 3. The molecule has 0 spiro atoms. The number of amides is 1. The van der Waals surface area contributed by atoms with Crippen LogP contribution in [-0.4, -0.2) is 20.9 Å². The summed E-state index contributed by atoms with van der Waals surface area (Å²) in [5, 5.41) is 3.24. The zero-order valence-corrected chi connectivity index (χ0v) is 16.4. The third-order valence-electron chi connectivity index (χ3n) is 4.68. The van der Waals surface area contributed by atoms with Gasteiger partial charge in [-0.25, -0.2) is 23.1 Å². The van der Waals surface area contributed by atoms with Crippen molar-refractivity contribution >= 4 is 43.5 Å². The Labute approximate surface area is 177 Å². The Morgan fingerprint density at radius 2 is 1.71 bits per heavy atom. The van der Waals surface area contributed by atoms with Gasteiger partial charge in [-0.1, -0.05) is 29.5 Å². The van der Waals surface area contributed by atoms with Gasteiger partial charge in [0.15, 0.2) is 22.6 Å². The Balaban J connectivity index is 1.58. The van der Waals surface area contributed by atoms with Gasteiger partial charge in [-0.3, -0.25) is 15.1 Å². The number of benzene rings is 2. The van der Waals surface area contributed by atoms with Crippen molar-refractivity contribution in [2.45, 2.75) is 0 Å². The van der Waals surface area contributed by atoms with Crippen molar-refractivity contribution in [2.24, 2.45) is 0 Å². The van der Waals surface area contributed by atoms with Crippen molar-refractivity contribution in [3.63, 3.8) is 0 Å². The fraction of sp³-hybridized carbons (Fsp3) is 0. The van der Waals surface area contributed by atoms with Crippen LogP contribution >= 0.6 is 11.3 Å². The lowest BCUT2D eigenvalue weighted by atomic mass is 10.0. The van der Waals surface area contributed by atoms with E-state index < -0.39 is 23.4 Å². The maximum absolute atomic E-state index is 14.0. The molecule has 1 amide bonds. The highest BCUT2D eigenvalue weighted by Gasteiger charge is 2.20. The highest BCUT2D eigenvalue weighted by atomic mass is 32.1. The Kier molecular flexibility index (Phi) is 4.59. The lowest BCUT2D eigenvalue weighted by Crippen LogP contribution is -2.13. The number of halogens is 3. The van der Waals surface area contributed by atoms with Crippen LogP contribution in [0.25, 0.3) is 32.4 Å². The second-order valence-electron chi connectivity index (χ2n) is 6.61. The molecule has 0 bridgehead atoms. The quantitative estimate of drug-likeness (QED) is 0.375. The highest BCUT2D eigenvalue weighted by molar-refractivity contribution is 7.22. The van der Waals surface area contributed by atoms with E-state index in [2.05, 4.69) is 20.3 Å². The molecule has 3 aromatic heterocycles. The number of para-hydroxylation sites is 1. The van der Waals surface area contributed by atoms with Gasteiger partial charge >= 0.3 is 0 Å². The number of nitrogens with zero attached hydrogens (tertiary/aromatic N) is 3. The van der Waals surface area contributed by atoms with Crippen molar-refractivity contribution in [1.82, 2.24) is 15.0 Å². The van der Waals surface area contributed by atoms with Gasteiger partial charge in [-0.2, -0.15) is 0 Å². The molecule has 3 heterocycles. The van der Waals surface area contributed by atoms with Gasteiger partial charge in [0.25, 0.3) is 5.91 Å². The van der Waals surface area contributed by atoms with E-state index >= 15 is 0 Å². The van der Waals surface area contributed by atoms with Gasteiger partial charge in [-0.05, 0) is 30.3 Å². The Morgan fingerprint density at radius 1 is 0.935 bits per heavy atom. The molecular formula is C22H11F3N4OS. The SMILES string of the molecule is O=C(Nc1nc2c(F)c(F)c(F)cc2s1)c1cc(-c2ccncc2)nc2ccccc12. The summed E-state index contributed by atoms with van der Waals surface area (Å²) in [6, 6.07) is 13.2. The molecule has 31 heavy (non-hydrogen) atoms. The molecular weight excluding hydrogens is 425 g/mol. The van der Waals surface area contributed by atoms with E-state index in [0.29, 0.717) is 22.2 Å². The number of nitrogens with one attached hydrogen (secondary N) is 1. The minimum atomic E-state index is -1.60. The summed E-state index contributed by atoms with van der Waals surface area (Å²) in [5.74, 6) is -4.80. The Morgan fingerprint density at radius 3 is 2.52 bits per heavy atom. The normalized spacial score (nSPS) is 11.2. The van der Waals surface area contributed by atoms with Crippen molar-refractivity contribution < 1.29 is 18.0 Å². The van der Waals surface area contributed by atoms with Crippen molar-refractivity contribution in [2.75, 3.05) is 5.32 Å². The Bertz CT molecular complexity index is 1470. The van der Waals surface area contributed by atoms with E-state index in [1.54, 1.807) is 48.8 Å². The molecule has 5 aromatic rings. The van der Waals surface area contributed by atoms with Crippen LogP contribution in [0.15, 0.2) is 60.9 Å². The fourth-order valence-electron chi connectivity index (χ4n) is 3.23. The third kappa shape index (κ3) is 3.38. The largest absolute Gasteiger partial charge is 0.298 e. The number of hydrogen-bond acceptors (Lipinski definition) is 5. The van der Waals surface area contributed by atoms with Crippen molar-refractivity contribution in [3.8, 4) is 11.3 Å². The van der Waals surface area contributed by atoms with Crippen LogP contribution in [0.3, 0.4) is 0 Å². The predicted octanol–water partition coefficient (Wildman–Crippen LogP) is 5.58. The zero-order chi connectivity index (χ0) is 21.5. The summed E-state index contributed by atoms with van der Waals surface area (Å²) in [5.41, 5.74) is 1.96. The summed E-state index contributed by atoms with van der Waals surface area (Å²) in [6.45, 7) is 0. The molecule has 152 valence electrons. The maximum atomic E-state index is 14.0. The topological polar surface area (TPSA) is 67.8 Å². The number of pyridine rings is 2. The predicted molar refractivity (Wildman–Crippen MR) is 112 cm³/mol. The Hall–Kier alpha value is -3.85. The molecule has 0 fully saturated rings. The number of hydrogen-bond donors (Lipinski definition) is 1.